The molecule has 4 nitrogen and oxygen atoms in total. The van der Waals surface area contributed by atoms with Crippen LogP contribution in [0.4, 0.5) is 0 Å². The van der Waals surface area contributed by atoms with E-state index >= 15 is 0 Å². The van der Waals surface area contributed by atoms with Crippen molar-refractivity contribution in [1.29, 1.82) is 0 Å². The van der Waals surface area contributed by atoms with Gasteiger partial charge in [-0.05, 0) is 53.7 Å². The molecule has 0 fully saturated rings. The first-order valence-electron chi connectivity index (χ1n) is 8.95. The van der Waals surface area contributed by atoms with Crippen LogP contribution >= 0.6 is 35.2 Å². The molecule has 5 rings (SSSR count). The van der Waals surface area contributed by atoms with Crippen molar-refractivity contribution in [2.45, 2.75) is 6.54 Å². The van der Waals surface area contributed by atoms with Crippen LogP contribution in [0.25, 0.3) is 27.0 Å². The molecule has 0 saturated heterocycles. The molecule has 0 unspecified atom stereocenters. The summed E-state index contributed by atoms with van der Waals surface area (Å²) in [5, 5.41) is 1.31. The van der Waals surface area contributed by atoms with Gasteiger partial charge in [-0.25, -0.2) is 0 Å². The zero-order valence-electron chi connectivity index (χ0n) is 15.1. The molecule has 0 saturated carbocycles. The SMILES string of the molecule is O=c1c2ccccc2n2c(=S)sc(-c3ccc(Cl)cc3)c2n1Cc1cccnc1. The topological polar surface area (TPSA) is 39.3 Å². The normalized spacial score (nSPS) is 11.3. The average molecular weight is 436 g/mol. The number of hydrogen-bond donors (Lipinski definition) is 0. The highest BCUT2D eigenvalue weighted by molar-refractivity contribution is 7.73. The Morgan fingerprint density at radius 1 is 1.03 bits per heavy atom. The second kappa shape index (κ2) is 7.22. The summed E-state index contributed by atoms with van der Waals surface area (Å²) in [5.41, 5.74) is 3.48. The summed E-state index contributed by atoms with van der Waals surface area (Å²) >= 11 is 13.3. The van der Waals surface area contributed by atoms with Crippen LogP contribution in [0.2, 0.25) is 5.02 Å². The van der Waals surface area contributed by atoms with Crippen LogP contribution in [-0.4, -0.2) is 14.0 Å². The summed E-state index contributed by atoms with van der Waals surface area (Å²) in [5.74, 6) is 0. The van der Waals surface area contributed by atoms with Crippen LogP contribution in [-0.2, 0) is 6.54 Å². The molecule has 3 aromatic heterocycles. The smallest absolute Gasteiger partial charge is 0.261 e. The van der Waals surface area contributed by atoms with Gasteiger partial charge in [0, 0.05) is 17.4 Å². The van der Waals surface area contributed by atoms with Gasteiger partial charge in [-0.15, -0.1) is 11.3 Å². The van der Waals surface area contributed by atoms with E-state index in [1.54, 1.807) is 17.0 Å². The van der Waals surface area contributed by atoms with Crippen LogP contribution in [0.15, 0.2) is 77.9 Å². The largest absolute Gasteiger partial charge is 0.288 e. The lowest BCUT2D eigenvalue weighted by Gasteiger charge is -2.13. The molecule has 0 N–H and O–H groups in total. The molecule has 3 heterocycles. The molecule has 0 aliphatic heterocycles. The monoisotopic (exact) mass is 435 g/mol. The van der Waals surface area contributed by atoms with E-state index in [1.807, 2.05) is 65.1 Å². The van der Waals surface area contributed by atoms with Gasteiger partial charge in [-0.1, -0.05) is 41.9 Å². The Bertz CT molecular complexity index is 1470. The van der Waals surface area contributed by atoms with Crippen molar-refractivity contribution >= 4 is 51.7 Å². The van der Waals surface area contributed by atoms with Gasteiger partial charge in [-0.3, -0.25) is 18.7 Å². The minimum Gasteiger partial charge on any atom is -0.288 e. The van der Waals surface area contributed by atoms with E-state index in [0.717, 1.165) is 27.2 Å². The number of thiazole rings is 1. The third-order valence-electron chi connectivity index (χ3n) is 4.83. The zero-order chi connectivity index (χ0) is 20.0. The fourth-order valence-electron chi connectivity index (χ4n) is 3.52. The van der Waals surface area contributed by atoms with Gasteiger partial charge in [0.2, 0.25) is 0 Å². The number of pyridine rings is 1. The maximum absolute atomic E-state index is 13.5. The van der Waals surface area contributed by atoms with Crippen LogP contribution in [0.1, 0.15) is 5.56 Å². The highest BCUT2D eigenvalue weighted by atomic mass is 35.5. The molecule has 29 heavy (non-hydrogen) atoms. The fraction of sp³-hybridized carbons (Fsp3) is 0.0455. The molecule has 2 aromatic carbocycles. The van der Waals surface area contributed by atoms with Gasteiger partial charge < -0.3 is 0 Å². The molecule has 5 aromatic rings. The molecule has 0 aliphatic rings. The molecule has 0 aliphatic carbocycles. The number of para-hydroxylation sites is 1. The first-order valence-corrected chi connectivity index (χ1v) is 10.6. The Morgan fingerprint density at radius 2 is 1.83 bits per heavy atom. The van der Waals surface area contributed by atoms with Gasteiger partial charge >= 0.3 is 0 Å². The molecule has 142 valence electrons. The summed E-state index contributed by atoms with van der Waals surface area (Å²) in [6, 6.07) is 19.0. The number of rotatable bonds is 3. The third kappa shape index (κ3) is 3.09. The Balaban J connectivity index is 1.92. The second-order valence-electron chi connectivity index (χ2n) is 6.63. The van der Waals surface area contributed by atoms with Crippen molar-refractivity contribution in [3.8, 4) is 10.4 Å². The Labute approximate surface area is 180 Å². The summed E-state index contributed by atoms with van der Waals surface area (Å²) in [7, 11) is 0. The Hall–Kier alpha value is -2.80. The predicted octanol–water partition coefficient (Wildman–Crippen LogP) is 5.81. The molecule has 0 radical (unpaired) electrons. The van der Waals surface area contributed by atoms with E-state index in [-0.39, 0.29) is 5.56 Å². The van der Waals surface area contributed by atoms with Crippen molar-refractivity contribution < 1.29 is 0 Å². The first-order chi connectivity index (χ1) is 14.1. The average Bonchev–Trinajstić information content (AvgIpc) is 3.09. The van der Waals surface area contributed by atoms with E-state index in [9.17, 15) is 4.79 Å². The fourth-order valence-corrected chi connectivity index (χ4v) is 5.08. The molecule has 0 bridgehead atoms. The minimum absolute atomic E-state index is 0.0486. The number of benzene rings is 2. The summed E-state index contributed by atoms with van der Waals surface area (Å²) in [6.07, 6.45) is 3.50. The standard InChI is InChI=1S/C22H14ClN3OS2/c23-16-9-7-15(8-10-16)19-20-25(13-14-4-3-11-24-12-14)21(27)17-5-1-2-6-18(17)26(20)22(28)29-19/h1-12H,13H2. The lowest BCUT2D eigenvalue weighted by molar-refractivity contribution is 0.777. The van der Waals surface area contributed by atoms with E-state index in [0.29, 0.717) is 20.9 Å². The number of halogens is 1. The lowest BCUT2D eigenvalue weighted by Crippen LogP contribution is -2.23. The van der Waals surface area contributed by atoms with Crippen molar-refractivity contribution in [3.05, 3.63) is 98.0 Å². The van der Waals surface area contributed by atoms with Crippen LogP contribution in [0.3, 0.4) is 0 Å². The van der Waals surface area contributed by atoms with E-state index < -0.39 is 0 Å². The van der Waals surface area contributed by atoms with Crippen molar-refractivity contribution in [2.75, 3.05) is 0 Å². The molecular formula is C22H14ClN3OS2. The second-order valence-corrected chi connectivity index (χ2v) is 8.71. The Kier molecular flexibility index (Phi) is 4.54. The number of fused-ring (bicyclic) bond motifs is 3. The minimum atomic E-state index is -0.0486. The van der Waals surface area contributed by atoms with Crippen LogP contribution < -0.4 is 5.56 Å². The highest BCUT2D eigenvalue weighted by Crippen LogP contribution is 2.34. The Morgan fingerprint density at radius 3 is 2.59 bits per heavy atom. The van der Waals surface area contributed by atoms with Crippen molar-refractivity contribution in [2.24, 2.45) is 0 Å². The number of nitrogens with zero attached hydrogens (tertiary/aromatic N) is 3. The van der Waals surface area contributed by atoms with Gasteiger partial charge in [0.25, 0.3) is 5.56 Å². The van der Waals surface area contributed by atoms with Crippen molar-refractivity contribution in [3.63, 3.8) is 0 Å². The van der Waals surface area contributed by atoms with E-state index in [2.05, 4.69) is 4.98 Å². The number of aromatic nitrogens is 3. The lowest BCUT2D eigenvalue weighted by atomic mass is 10.1. The van der Waals surface area contributed by atoms with Gasteiger partial charge in [0.05, 0.1) is 22.3 Å². The van der Waals surface area contributed by atoms with Crippen molar-refractivity contribution in [1.82, 2.24) is 14.0 Å². The maximum atomic E-state index is 13.5. The summed E-state index contributed by atoms with van der Waals surface area (Å²) < 4.78 is 4.48. The number of hydrogen-bond acceptors (Lipinski definition) is 4. The van der Waals surface area contributed by atoms with Gasteiger partial charge in [0.1, 0.15) is 5.65 Å². The summed E-state index contributed by atoms with van der Waals surface area (Å²) in [6.45, 7) is 0.410. The predicted molar refractivity (Wildman–Crippen MR) is 122 cm³/mol. The van der Waals surface area contributed by atoms with Crippen LogP contribution in [0, 0.1) is 3.95 Å². The van der Waals surface area contributed by atoms with Crippen LogP contribution in [0.5, 0.6) is 0 Å². The molecule has 7 heteroatoms. The maximum Gasteiger partial charge on any atom is 0.261 e. The first kappa shape index (κ1) is 18.2. The third-order valence-corrected chi connectivity index (χ3v) is 6.50. The summed E-state index contributed by atoms with van der Waals surface area (Å²) in [4.78, 5) is 18.6. The van der Waals surface area contributed by atoms with E-state index in [4.69, 9.17) is 23.8 Å². The van der Waals surface area contributed by atoms with E-state index in [1.165, 1.54) is 11.3 Å². The molecule has 0 amide bonds. The highest BCUT2D eigenvalue weighted by Gasteiger charge is 2.18. The van der Waals surface area contributed by atoms with Gasteiger partial charge in [-0.2, -0.15) is 0 Å². The molecular weight excluding hydrogens is 422 g/mol. The zero-order valence-corrected chi connectivity index (χ0v) is 17.5. The van der Waals surface area contributed by atoms with Gasteiger partial charge in [0.15, 0.2) is 3.95 Å². The molecule has 0 atom stereocenters. The quantitative estimate of drug-likeness (QED) is 0.336. The molecule has 0 spiro atoms.